The fraction of sp³-hybridized carbons (Fsp3) is 0.308. The van der Waals surface area contributed by atoms with Gasteiger partial charge in [-0.05, 0) is 19.1 Å². The summed E-state index contributed by atoms with van der Waals surface area (Å²) >= 11 is 0. The predicted octanol–water partition coefficient (Wildman–Crippen LogP) is 1.01. The van der Waals surface area contributed by atoms with E-state index in [1.807, 2.05) is 0 Å². The Morgan fingerprint density at radius 1 is 1.33 bits per heavy atom. The summed E-state index contributed by atoms with van der Waals surface area (Å²) in [5, 5.41) is 18.3. The number of rotatable bonds is 5. The highest BCUT2D eigenvalue weighted by molar-refractivity contribution is 5.95. The van der Waals surface area contributed by atoms with Gasteiger partial charge < -0.3 is 10.4 Å². The molecule has 0 aromatic carbocycles. The Labute approximate surface area is 133 Å². The number of halogens is 3. The van der Waals surface area contributed by atoms with Crippen molar-refractivity contribution in [3.05, 3.63) is 41.0 Å². The van der Waals surface area contributed by atoms with Crippen LogP contribution in [-0.2, 0) is 24.1 Å². The van der Waals surface area contributed by atoms with Crippen molar-refractivity contribution >= 4 is 11.9 Å². The van der Waals surface area contributed by atoms with E-state index in [9.17, 15) is 22.8 Å². The van der Waals surface area contributed by atoms with Crippen LogP contribution in [0.3, 0.4) is 0 Å². The van der Waals surface area contributed by atoms with E-state index in [1.54, 1.807) is 0 Å². The second kappa shape index (κ2) is 6.64. The van der Waals surface area contributed by atoms with Crippen LogP contribution in [0.5, 0.6) is 0 Å². The zero-order chi connectivity index (χ0) is 17.9. The summed E-state index contributed by atoms with van der Waals surface area (Å²) in [4.78, 5) is 25.9. The van der Waals surface area contributed by atoms with Crippen molar-refractivity contribution in [1.82, 2.24) is 25.3 Å². The predicted molar refractivity (Wildman–Crippen MR) is 72.8 cm³/mol. The number of carbonyl (C=O) groups excluding carboxylic acids is 1. The molecule has 2 rings (SSSR count). The number of carboxylic acids is 1. The number of amides is 1. The molecule has 0 spiro atoms. The molecule has 24 heavy (non-hydrogen) atoms. The molecule has 0 aliphatic heterocycles. The van der Waals surface area contributed by atoms with Crippen LogP contribution in [0, 0.1) is 6.92 Å². The summed E-state index contributed by atoms with van der Waals surface area (Å²) in [5.74, 6) is -1.72. The highest BCUT2D eigenvalue weighted by Gasteiger charge is 2.33. The Hall–Kier alpha value is -2.98. The Kier molecular flexibility index (Phi) is 4.81. The van der Waals surface area contributed by atoms with Gasteiger partial charge in [-0.2, -0.15) is 13.2 Å². The van der Waals surface area contributed by atoms with E-state index >= 15 is 0 Å². The third-order valence-electron chi connectivity index (χ3n) is 2.93. The average molecular weight is 343 g/mol. The maximum atomic E-state index is 12.5. The molecule has 0 radical (unpaired) electrons. The van der Waals surface area contributed by atoms with Crippen LogP contribution in [-0.4, -0.2) is 37.0 Å². The maximum Gasteiger partial charge on any atom is 0.433 e. The smallest absolute Gasteiger partial charge is 0.433 e. The lowest BCUT2D eigenvalue weighted by Crippen LogP contribution is -2.24. The lowest BCUT2D eigenvalue weighted by Gasteiger charge is -2.10. The summed E-state index contributed by atoms with van der Waals surface area (Å²) < 4.78 is 38.7. The van der Waals surface area contributed by atoms with Crippen molar-refractivity contribution in [2.45, 2.75) is 26.2 Å². The van der Waals surface area contributed by atoms with E-state index in [0.717, 1.165) is 16.8 Å². The fourth-order valence-electron chi connectivity index (χ4n) is 1.86. The van der Waals surface area contributed by atoms with Crippen LogP contribution < -0.4 is 5.32 Å². The Morgan fingerprint density at radius 3 is 2.62 bits per heavy atom. The average Bonchev–Trinajstić information content (AvgIpc) is 2.90. The molecule has 2 N–H and O–H groups in total. The van der Waals surface area contributed by atoms with Gasteiger partial charge in [0.15, 0.2) is 0 Å². The molecule has 0 fully saturated rings. The minimum absolute atomic E-state index is 0.000859. The molecule has 0 aliphatic carbocycles. The first-order valence-electron chi connectivity index (χ1n) is 6.60. The summed E-state index contributed by atoms with van der Waals surface area (Å²) in [6.45, 7) is 0.870. The van der Waals surface area contributed by atoms with Gasteiger partial charge in [0.25, 0.3) is 5.91 Å². The van der Waals surface area contributed by atoms with Crippen LogP contribution in [0.2, 0.25) is 0 Å². The molecule has 0 saturated carbocycles. The van der Waals surface area contributed by atoms with Gasteiger partial charge in [-0.25, -0.2) is 9.67 Å². The third-order valence-corrected chi connectivity index (χ3v) is 2.93. The summed E-state index contributed by atoms with van der Waals surface area (Å²) in [6, 6.07) is 1.77. The molecule has 11 heteroatoms. The number of carboxylic acid groups (broad SMARTS) is 1. The summed E-state index contributed by atoms with van der Waals surface area (Å²) in [6.07, 6.45) is -3.24. The zero-order valence-electron chi connectivity index (χ0n) is 12.3. The van der Waals surface area contributed by atoms with Crippen LogP contribution >= 0.6 is 0 Å². The molecule has 1 amide bonds. The lowest BCUT2D eigenvalue weighted by molar-refractivity contribution is -0.141. The first-order chi connectivity index (χ1) is 11.2. The van der Waals surface area contributed by atoms with Crippen molar-refractivity contribution in [3.63, 3.8) is 0 Å². The van der Waals surface area contributed by atoms with E-state index in [1.165, 1.54) is 13.1 Å². The van der Waals surface area contributed by atoms with Gasteiger partial charge in [0.2, 0.25) is 0 Å². The van der Waals surface area contributed by atoms with Crippen molar-refractivity contribution in [2.75, 3.05) is 0 Å². The zero-order valence-corrected chi connectivity index (χ0v) is 12.3. The van der Waals surface area contributed by atoms with E-state index in [-0.39, 0.29) is 24.3 Å². The number of carbonyl (C=O) groups is 2. The molecule has 128 valence electrons. The van der Waals surface area contributed by atoms with Crippen molar-refractivity contribution in [1.29, 1.82) is 0 Å². The largest absolute Gasteiger partial charge is 0.480 e. The standard InChI is InChI=1S/C13H12F3N5O3/c1-7-9(2-3-10(18-7)13(14,15)16)12(24)17-4-8-5-21(20-19-8)6-11(22)23/h2-3,5H,4,6H2,1H3,(H,17,24)(H,22,23). The maximum absolute atomic E-state index is 12.5. The van der Waals surface area contributed by atoms with Gasteiger partial charge in [0.05, 0.1) is 24.0 Å². The van der Waals surface area contributed by atoms with E-state index < -0.39 is 23.7 Å². The number of aliphatic carboxylic acids is 1. The second-order valence-corrected chi connectivity index (χ2v) is 4.81. The number of hydrogen-bond donors (Lipinski definition) is 2. The molecule has 0 unspecified atom stereocenters. The van der Waals surface area contributed by atoms with E-state index in [2.05, 4.69) is 20.6 Å². The normalized spacial score (nSPS) is 11.3. The molecule has 0 aliphatic rings. The van der Waals surface area contributed by atoms with Gasteiger partial charge in [-0.15, -0.1) is 5.10 Å². The van der Waals surface area contributed by atoms with Gasteiger partial charge in [0, 0.05) is 0 Å². The Balaban J connectivity index is 2.02. The fourth-order valence-corrected chi connectivity index (χ4v) is 1.86. The highest BCUT2D eigenvalue weighted by Crippen LogP contribution is 2.28. The van der Waals surface area contributed by atoms with E-state index in [0.29, 0.717) is 5.69 Å². The number of nitrogens with zero attached hydrogens (tertiary/aromatic N) is 4. The molecule has 0 saturated heterocycles. The van der Waals surface area contributed by atoms with Gasteiger partial charge in [-0.3, -0.25) is 9.59 Å². The molecule has 2 heterocycles. The molecular formula is C13H12F3N5O3. The van der Waals surface area contributed by atoms with Crippen molar-refractivity contribution in [3.8, 4) is 0 Å². The van der Waals surface area contributed by atoms with E-state index in [4.69, 9.17) is 5.11 Å². The van der Waals surface area contributed by atoms with Gasteiger partial charge in [-0.1, -0.05) is 5.21 Å². The first kappa shape index (κ1) is 17.4. The molecule has 2 aromatic rings. The second-order valence-electron chi connectivity index (χ2n) is 4.81. The van der Waals surface area contributed by atoms with Crippen LogP contribution in [0.25, 0.3) is 0 Å². The summed E-state index contributed by atoms with van der Waals surface area (Å²) in [7, 11) is 0. The minimum Gasteiger partial charge on any atom is -0.480 e. The van der Waals surface area contributed by atoms with Gasteiger partial charge >= 0.3 is 12.1 Å². The summed E-state index contributed by atoms with van der Waals surface area (Å²) in [5.41, 5.74) is -0.826. The molecule has 8 nitrogen and oxygen atoms in total. The van der Waals surface area contributed by atoms with Gasteiger partial charge in [0.1, 0.15) is 17.9 Å². The van der Waals surface area contributed by atoms with Crippen LogP contribution in [0.15, 0.2) is 18.3 Å². The highest BCUT2D eigenvalue weighted by atomic mass is 19.4. The lowest BCUT2D eigenvalue weighted by atomic mass is 10.1. The minimum atomic E-state index is -4.58. The SMILES string of the molecule is Cc1nc(C(F)(F)F)ccc1C(=O)NCc1cn(CC(=O)O)nn1. The molecular weight excluding hydrogens is 331 g/mol. The Bertz CT molecular complexity index is 772. The molecule has 0 atom stereocenters. The van der Waals surface area contributed by atoms with Crippen molar-refractivity contribution in [2.24, 2.45) is 0 Å². The Morgan fingerprint density at radius 2 is 2.04 bits per heavy atom. The number of aromatic nitrogens is 4. The quantitative estimate of drug-likeness (QED) is 0.839. The van der Waals surface area contributed by atoms with Crippen LogP contribution in [0.1, 0.15) is 27.4 Å². The topological polar surface area (TPSA) is 110 Å². The number of nitrogens with one attached hydrogen (secondary N) is 1. The number of pyridine rings is 1. The monoisotopic (exact) mass is 343 g/mol. The third kappa shape index (κ3) is 4.27. The van der Waals surface area contributed by atoms with Crippen LogP contribution in [0.4, 0.5) is 13.2 Å². The first-order valence-corrected chi connectivity index (χ1v) is 6.60. The number of hydrogen-bond acceptors (Lipinski definition) is 5. The molecule has 0 bridgehead atoms. The van der Waals surface area contributed by atoms with Crippen molar-refractivity contribution < 1.29 is 27.9 Å². The number of aryl methyl sites for hydroxylation is 1. The number of alkyl halides is 3. The molecule has 2 aromatic heterocycles.